The number of allylic oxidation sites excluding steroid dienone is 1. The van der Waals surface area contributed by atoms with Gasteiger partial charge in [-0.15, -0.1) is 0 Å². The fourth-order valence-electron chi connectivity index (χ4n) is 1.75. The maximum atomic E-state index is 5.55. The van der Waals surface area contributed by atoms with Gasteiger partial charge < -0.3 is 4.74 Å². The lowest BCUT2D eigenvalue weighted by Gasteiger charge is -2.16. The number of rotatable bonds is 0. The van der Waals surface area contributed by atoms with Crippen LogP contribution in [0.1, 0.15) is 33.1 Å². The molecular weight excluding hydrogens is 124 g/mol. The minimum absolute atomic E-state index is 0.291. The Morgan fingerprint density at radius 3 is 2.80 bits per heavy atom. The molecule has 1 nitrogen and oxygen atoms in total. The molecule has 1 aliphatic carbocycles. The van der Waals surface area contributed by atoms with Crippen LogP contribution >= 0.6 is 0 Å². The van der Waals surface area contributed by atoms with Gasteiger partial charge in [-0.1, -0.05) is 11.6 Å². The van der Waals surface area contributed by atoms with E-state index < -0.39 is 0 Å². The number of hydrogen-bond donors (Lipinski definition) is 0. The van der Waals surface area contributed by atoms with Crippen LogP contribution in [0.2, 0.25) is 0 Å². The summed E-state index contributed by atoms with van der Waals surface area (Å²) in [6, 6.07) is 0. The molecule has 1 spiro atoms. The molecule has 0 saturated carbocycles. The topological polar surface area (TPSA) is 12.5 Å². The zero-order valence-corrected chi connectivity index (χ0v) is 6.68. The van der Waals surface area contributed by atoms with Gasteiger partial charge in [0.25, 0.3) is 0 Å². The van der Waals surface area contributed by atoms with E-state index in [1.807, 2.05) is 0 Å². The zero-order chi connectivity index (χ0) is 7.19. The Bertz CT molecular complexity index is 183. The molecule has 0 aromatic heterocycles. The average Bonchev–Trinajstić information content (AvgIpc) is 2.53. The van der Waals surface area contributed by atoms with Gasteiger partial charge in [0, 0.05) is 0 Å². The van der Waals surface area contributed by atoms with Gasteiger partial charge in [0.2, 0.25) is 0 Å². The molecule has 10 heavy (non-hydrogen) atoms. The Balaban J connectivity index is 2.06. The fraction of sp³-hybridized carbons (Fsp3) is 0.778. The highest BCUT2D eigenvalue weighted by atomic mass is 16.6. The van der Waals surface area contributed by atoms with Crippen molar-refractivity contribution in [3.63, 3.8) is 0 Å². The highest BCUT2D eigenvalue weighted by Crippen LogP contribution is 2.46. The lowest BCUT2D eigenvalue weighted by molar-refractivity contribution is 0.276. The van der Waals surface area contributed by atoms with E-state index in [0.717, 1.165) is 6.42 Å². The van der Waals surface area contributed by atoms with E-state index in [1.165, 1.54) is 18.4 Å². The van der Waals surface area contributed by atoms with E-state index in [2.05, 4.69) is 19.9 Å². The van der Waals surface area contributed by atoms with Crippen LogP contribution in [-0.2, 0) is 4.74 Å². The number of ether oxygens (including phenoxy) is 1. The maximum absolute atomic E-state index is 5.55. The minimum Gasteiger partial charge on any atom is -0.366 e. The van der Waals surface area contributed by atoms with Crippen molar-refractivity contribution in [3.05, 3.63) is 11.6 Å². The maximum Gasteiger partial charge on any atom is 0.0982 e. The second kappa shape index (κ2) is 1.85. The highest BCUT2D eigenvalue weighted by molar-refractivity contribution is 5.15. The van der Waals surface area contributed by atoms with Crippen LogP contribution in [0.25, 0.3) is 0 Å². The molecule has 1 heterocycles. The van der Waals surface area contributed by atoms with Crippen LogP contribution in [0.15, 0.2) is 11.6 Å². The third kappa shape index (κ3) is 0.807. The zero-order valence-electron chi connectivity index (χ0n) is 6.68. The minimum atomic E-state index is 0.291. The van der Waals surface area contributed by atoms with Crippen molar-refractivity contribution < 1.29 is 4.74 Å². The molecule has 0 aromatic carbocycles. The molecule has 1 heteroatoms. The first-order valence-corrected chi connectivity index (χ1v) is 4.06. The molecule has 2 aliphatic rings. The van der Waals surface area contributed by atoms with Gasteiger partial charge in [0.05, 0.1) is 11.7 Å². The van der Waals surface area contributed by atoms with Gasteiger partial charge in [-0.05, 0) is 33.1 Å². The fourth-order valence-corrected chi connectivity index (χ4v) is 1.75. The van der Waals surface area contributed by atoms with Crippen molar-refractivity contribution in [1.82, 2.24) is 0 Å². The summed E-state index contributed by atoms with van der Waals surface area (Å²) in [5.41, 5.74) is 1.83. The van der Waals surface area contributed by atoms with Gasteiger partial charge in [-0.2, -0.15) is 0 Å². The van der Waals surface area contributed by atoms with Gasteiger partial charge in [-0.3, -0.25) is 0 Å². The lowest BCUT2D eigenvalue weighted by atomic mass is 9.88. The van der Waals surface area contributed by atoms with E-state index >= 15 is 0 Å². The predicted octanol–water partition coefficient (Wildman–Crippen LogP) is 2.27. The molecule has 0 amide bonds. The Morgan fingerprint density at radius 1 is 1.70 bits per heavy atom. The molecule has 2 atom stereocenters. The molecule has 0 N–H and O–H groups in total. The van der Waals surface area contributed by atoms with Crippen LogP contribution in [-0.4, -0.2) is 11.7 Å². The summed E-state index contributed by atoms with van der Waals surface area (Å²) in [5.74, 6) is 0. The first kappa shape index (κ1) is 6.41. The molecule has 1 saturated heterocycles. The van der Waals surface area contributed by atoms with Crippen LogP contribution in [0.4, 0.5) is 0 Å². The average molecular weight is 138 g/mol. The van der Waals surface area contributed by atoms with Crippen LogP contribution in [0.5, 0.6) is 0 Å². The van der Waals surface area contributed by atoms with Gasteiger partial charge in [0.1, 0.15) is 0 Å². The van der Waals surface area contributed by atoms with Crippen molar-refractivity contribution in [2.45, 2.75) is 44.8 Å². The van der Waals surface area contributed by atoms with Crippen molar-refractivity contribution in [2.75, 3.05) is 0 Å². The quantitative estimate of drug-likeness (QED) is 0.369. The Kier molecular flexibility index (Phi) is 1.19. The summed E-state index contributed by atoms with van der Waals surface area (Å²) >= 11 is 0. The van der Waals surface area contributed by atoms with E-state index in [9.17, 15) is 0 Å². The first-order chi connectivity index (χ1) is 4.73. The smallest absolute Gasteiger partial charge is 0.0982 e. The third-order valence-electron chi connectivity index (χ3n) is 2.83. The summed E-state index contributed by atoms with van der Waals surface area (Å²) in [7, 11) is 0. The van der Waals surface area contributed by atoms with Crippen LogP contribution < -0.4 is 0 Å². The van der Waals surface area contributed by atoms with E-state index in [0.29, 0.717) is 11.7 Å². The van der Waals surface area contributed by atoms with Crippen molar-refractivity contribution in [3.8, 4) is 0 Å². The second-order valence-corrected chi connectivity index (χ2v) is 3.58. The summed E-state index contributed by atoms with van der Waals surface area (Å²) in [4.78, 5) is 0. The Morgan fingerprint density at radius 2 is 2.40 bits per heavy atom. The van der Waals surface area contributed by atoms with Crippen LogP contribution in [0.3, 0.4) is 0 Å². The number of hydrogen-bond acceptors (Lipinski definition) is 1. The summed E-state index contributed by atoms with van der Waals surface area (Å²) in [6.07, 6.45) is 6.49. The molecule has 2 rings (SSSR count). The first-order valence-electron chi connectivity index (χ1n) is 4.06. The van der Waals surface area contributed by atoms with Crippen LogP contribution in [0, 0.1) is 0 Å². The molecular formula is C9H14O. The lowest BCUT2D eigenvalue weighted by Crippen LogP contribution is -2.16. The van der Waals surface area contributed by atoms with Gasteiger partial charge >= 0.3 is 0 Å². The molecule has 0 radical (unpaired) electrons. The molecule has 1 aliphatic heterocycles. The Labute approximate surface area is 62.1 Å². The molecule has 2 unspecified atom stereocenters. The Hall–Kier alpha value is -0.300. The summed E-state index contributed by atoms with van der Waals surface area (Å²) in [5, 5.41) is 0. The van der Waals surface area contributed by atoms with E-state index in [1.54, 1.807) is 0 Å². The normalized spacial score (nSPS) is 45.4. The molecule has 0 aromatic rings. The predicted molar refractivity (Wildman–Crippen MR) is 40.9 cm³/mol. The highest BCUT2D eigenvalue weighted by Gasteiger charge is 2.52. The van der Waals surface area contributed by atoms with Crippen molar-refractivity contribution in [2.24, 2.45) is 0 Å². The molecule has 56 valence electrons. The molecule has 0 bridgehead atoms. The monoisotopic (exact) mass is 138 g/mol. The SMILES string of the molecule is CC1=CCC2(CC1)OC2C. The van der Waals surface area contributed by atoms with Crippen molar-refractivity contribution in [1.29, 1.82) is 0 Å². The van der Waals surface area contributed by atoms with Crippen molar-refractivity contribution >= 4 is 0 Å². The number of epoxide rings is 1. The molecule has 1 fully saturated rings. The summed E-state index contributed by atoms with van der Waals surface area (Å²) in [6.45, 7) is 4.38. The largest absolute Gasteiger partial charge is 0.366 e. The summed E-state index contributed by atoms with van der Waals surface area (Å²) < 4.78 is 5.55. The van der Waals surface area contributed by atoms with Gasteiger partial charge in [0.15, 0.2) is 0 Å². The van der Waals surface area contributed by atoms with E-state index in [-0.39, 0.29) is 0 Å². The van der Waals surface area contributed by atoms with E-state index in [4.69, 9.17) is 4.74 Å². The standard InChI is InChI=1S/C9H14O/c1-7-3-5-9(6-4-7)8(2)10-9/h3,8H,4-6H2,1-2H3. The third-order valence-corrected chi connectivity index (χ3v) is 2.83. The van der Waals surface area contributed by atoms with Gasteiger partial charge in [-0.25, -0.2) is 0 Å². The second-order valence-electron chi connectivity index (χ2n) is 3.58.